The summed E-state index contributed by atoms with van der Waals surface area (Å²) in [7, 11) is 0. The molecule has 0 saturated carbocycles. The van der Waals surface area contributed by atoms with E-state index >= 15 is 0 Å². The monoisotopic (exact) mass is 252 g/mol. The van der Waals surface area contributed by atoms with Crippen LogP contribution in [0.2, 0.25) is 0 Å². The average molecular weight is 252 g/mol. The van der Waals surface area contributed by atoms with Gasteiger partial charge in [0.25, 0.3) is 0 Å². The number of nitriles is 1. The number of pyridine rings is 1. The van der Waals surface area contributed by atoms with E-state index in [1.165, 1.54) is 0 Å². The molecule has 0 radical (unpaired) electrons. The van der Waals surface area contributed by atoms with Crippen LogP contribution in [-0.4, -0.2) is 11.5 Å². The minimum atomic E-state index is 0.673. The van der Waals surface area contributed by atoms with Gasteiger partial charge in [0.05, 0.1) is 35.4 Å². The lowest BCUT2D eigenvalue weighted by atomic mass is 10.1. The standard InChI is InChI=1S/C15H16N4/c1-2-18-14-7-15(11-17-10-14)19-9-13-5-3-4-12(6-13)8-16/h3-7,10-11,18-19H,2,9H2,1H3. The van der Waals surface area contributed by atoms with Gasteiger partial charge in [-0.05, 0) is 30.7 Å². The van der Waals surface area contributed by atoms with Crippen molar-refractivity contribution in [1.82, 2.24) is 4.98 Å². The summed E-state index contributed by atoms with van der Waals surface area (Å²) < 4.78 is 0. The van der Waals surface area contributed by atoms with Crippen LogP contribution in [0.4, 0.5) is 11.4 Å². The molecule has 96 valence electrons. The van der Waals surface area contributed by atoms with E-state index in [9.17, 15) is 0 Å². The van der Waals surface area contributed by atoms with Crippen LogP contribution in [-0.2, 0) is 6.54 Å². The predicted molar refractivity (Wildman–Crippen MR) is 76.9 cm³/mol. The van der Waals surface area contributed by atoms with E-state index < -0.39 is 0 Å². The maximum absolute atomic E-state index is 8.85. The Balaban J connectivity index is 2.01. The van der Waals surface area contributed by atoms with Crippen LogP contribution in [0, 0.1) is 11.3 Å². The molecule has 19 heavy (non-hydrogen) atoms. The number of nitrogens with one attached hydrogen (secondary N) is 2. The van der Waals surface area contributed by atoms with Crippen molar-refractivity contribution in [3.8, 4) is 6.07 Å². The van der Waals surface area contributed by atoms with Crippen LogP contribution in [0.25, 0.3) is 0 Å². The topological polar surface area (TPSA) is 60.7 Å². The van der Waals surface area contributed by atoms with E-state index in [4.69, 9.17) is 5.26 Å². The van der Waals surface area contributed by atoms with Crippen LogP contribution >= 0.6 is 0 Å². The predicted octanol–water partition coefficient (Wildman–Crippen LogP) is 3.00. The first-order valence-electron chi connectivity index (χ1n) is 6.23. The van der Waals surface area contributed by atoms with Gasteiger partial charge in [0.1, 0.15) is 0 Å². The molecule has 0 aliphatic rings. The largest absolute Gasteiger partial charge is 0.384 e. The molecule has 2 rings (SSSR count). The molecule has 4 nitrogen and oxygen atoms in total. The van der Waals surface area contributed by atoms with Gasteiger partial charge in [0.15, 0.2) is 0 Å². The van der Waals surface area contributed by atoms with Gasteiger partial charge in [0.2, 0.25) is 0 Å². The van der Waals surface area contributed by atoms with Crippen molar-refractivity contribution in [2.45, 2.75) is 13.5 Å². The SMILES string of the molecule is CCNc1cncc(NCc2cccc(C#N)c2)c1. The lowest BCUT2D eigenvalue weighted by Gasteiger charge is -2.08. The molecule has 1 aromatic carbocycles. The molecule has 0 spiro atoms. The van der Waals surface area contributed by atoms with Crippen molar-refractivity contribution < 1.29 is 0 Å². The van der Waals surface area contributed by atoms with Crippen LogP contribution < -0.4 is 10.6 Å². The Morgan fingerprint density at radius 1 is 1.16 bits per heavy atom. The first kappa shape index (κ1) is 12.9. The minimum Gasteiger partial charge on any atom is -0.384 e. The number of benzene rings is 1. The van der Waals surface area contributed by atoms with Crippen molar-refractivity contribution >= 4 is 11.4 Å². The van der Waals surface area contributed by atoms with Gasteiger partial charge in [-0.3, -0.25) is 4.98 Å². The number of hydrogen-bond acceptors (Lipinski definition) is 4. The molecule has 0 fully saturated rings. The molecule has 0 saturated heterocycles. The van der Waals surface area contributed by atoms with Crippen molar-refractivity contribution in [3.63, 3.8) is 0 Å². The van der Waals surface area contributed by atoms with Gasteiger partial charge in [-0.25, -0.2) is 0 Å². The molecule has 0 bridgehead atoms. The molecule has 0 aliphatic carbocycles. The van der Waals surface area contributed by atoms with Crippen molar-refractivity contribution in [2.75, 3.05) is 17.2 Å². The average Bonchev–Trinajstić information content (AvgIpc) is 2.46. The highest BCUT2D eigenvalue weighted by Crippen LogP contribution is 2.14. The van der Waals surface area contributed by atoms with Crippen molar-refractivity contribution in [3.05, 3.63) is 53.9 Å². The summed E-state index contributed by atoms with van der Waals surface area (Å²) in [5.74, 6) is 0. The zero-order chi connectivity index (χ0) is 13.5. The zero-order valence-corrected chi connectivity index (χ0v) is 10.9. The maximum atomic E-state index is 8.85. The minimum absolute atomic E-state index is 0.673. The van der Waals surface area contributed by atoms with Crippen molar-refractivity contribution in [2.24, 2.45) is 0 Å². The molecule has 2 N–H and O–H groups in total. The Morgan fingerprint density at radius 3 is 2.68 bits per heavy atom. The van der Waals surface area contributed by atoms with Gasteiger partial charge in [-0.2, -0.15) is 5.26 Å². The fraction of sp³-hybridized carbons (Fsp3) is 0.200. The van der Waals surface area contributed by atoms with Crippen LogP contribution in [0.1, 0.15) is 18.1 Å². The summed E-state index contributed by atoms with van der Waals surface area (Å²) in [6, 6.07) is 11.7. The van der Waals surface area contributed by atoms with Crippen LogP contribution in [0.15, 0.2) is 42.7 Å². The number of anilines is 2. The highest BCUT2D eigenvalue weighted by molar-refractivity contribution is 5.54. The number of rotatable bonds is 5. The molecule has 0 atom stereocenters. The molecule has 0 unspecified atom stereocenters. The Morgan fingerprint density at radius 2 is 1.95 bits per heavy atom. The first-order chi connectivity index (χ1) is 9.31. The number of aromatic nitrogens is 1. The van der Waals surface area contributed by atoms with Crippen molar-refractivity contribution in [1.29, 1.82) is 5.26 Å². The Labute approximate surface area is 113 Å². The summed E-state index contributed by atoms with van der Waals surface area (Å²) in [4.78, 5) is 4.17. The van der Waals surface area contributed by atoms with Gasteiger partial charge >= 0.3 is 0 Å². The quantitative estimate of drug-likeness (QED) is 0.858. The molecule has 2 aromatic rings. The van der Waals surface area contributed by atoms with Crippen LogP contribution in [0.3, 0.4) is 0 Å². The molecular formula is C15H16N4. The molecule has 0 aliphatic heterocycles. The van der Waals surface area contributed by atoms with Gasteiger partial charge in [-0.15, -0.1) is 0 Å². The molecule has 1 aromatic heterocycles. The molecule has 1 heterocycles. The fourth-order valence-corrected chi connectivity index (χ4v) is 1.79. The summed E-state index contributed by atoms with van der Waals surface area (Å²) in [5, 5.41) is 15.4. The van der Waals surface area contributed by atoms with E-state index in [0.717, 1.165) is 23.5 Å². The summed E-state index contributed by atoms with van der Waals surface area (Å²) in [5.41, 5.74) is 3.71. The van der Waals surface area contributed by atoms with E-state index in [1.54, 1.807) is 18.5 Å². The highest BCUT2D eigenvalue weighted by Gasteiger charge is 1.98. The summed E-state index contributed by atoms with van der Waals surface area (Å²) >= 11 is 0. The van der Waals surface area contributed by atoms with E-state index in [2.05, 4.69) is 21.7 Å². The van der Waals surface area contributed by atoms with Gasteiger partial charge < -0.3 is 10.6 Å². The van der Waals surface area contributed by atoms with Crippen LogP contribution in [0.5, 0.6) is 0 Å². The summed E-state index contributed by atoms with van der Waals surface area (Å²) in [6.45, 7) is 3.59. The fourth-order valence-electron chi connectivity index (χ4n) is 1.79. The first-order valence-corrected chi connectivity index (χ1v) is 6.23. The number of nitrogens with zero attached hydrogens (tertiary/aromatic N) is 2. The smallest absolute Gasteiger partial charge is 0.0991 e. The normalized spacial score (nSPS) is 9.68. The number of hydrogen-bond donors (Lipinski definition) is 2. The molecular weight excluding hydrogens is 236 g/mol. The molecule has 0 amide bonds. The Kier molecular flexibility index (Phi) is 4.35. The second-order valence-electron chi connectivity index (χ2n) is 4.16. The van der Waals surface area contributed by atoms with E-state index in [1.807, 2.05) is 31.2 Å². The van der Waals surface area contributed by atoms with E-state index in [-0.39, 0.29) is 0 Å². The second kappa shape index (κ2) is 6.41. The maximum Gasteiger partial charge on any atom is 0.0991 e. The second-order valence-corrected chi connectivity index (χ2v) is 4.16. The highest BCUT2D eigenvalue weighted by atomic mass is 14.9. The third kappa shape index (κ3) is 3.71. The zero-order valence-electron chi connectivity index (χ0n) is 10.9. The van der Waals surface area contributed by atoms with Gasteiger partial charge in [0, 0.05) is 13.1 Å². The third-order valence-electron chi connectivity index (χ3n) is 2.67. The summed E-state index contributed by atoms with van der Waals surface area (Å²) in [6.07, 6.45) is 3.58. The Bertz CT molecular complexity index is 587. The lowest BCUT2D eigenvalue weighted by Crippen LogP contribution is -2.02. The third-order valence-corrected chi connectivity index (χ3v) is 2.67. The van der Waals surface area contributed by atoms with E-state index in [0.29, 0.717) is 12.1 Å². The van der Waals surface area contributed by atoms with Gasteiger partial charge in [-0.1, -0.05) is 12.1 Å². The lowest BCUT2D eigenvalue weighted by molar-refractivity contribution is 1.13. The Hall–Kier alpha value is -2.54. The molecule has 4 heteroatoms.